The van der Waals surface area contributed by atoms with Gasteiger partial charge in [-0.2, -0.15) is 13.2 Å². The van der Waals surface area contributed by atoms with E-state index < -0.39 is 40.9 Å². The van der Waals surface area contributed by atoms with Crippen LogP contribution in [0.3, 0.4) is 0 Å². The quantitative estimate of drug-likeness (QED) is 0.106. The molecule has 0 bridgehead atoms. The Balaban J connectivity index is 1.45. The predicted molar refractivity (Wildman–Crippen MR) is 169 cm³/mol. The monoisotopic (exact) mass is 646 g/mol. The summed E-state index contributed by atoms with van der Waals surface area (Å²) in [5.41, 5.74) is -0.924. The zero-order valence-electron chi connectivity index (χ0n) is 25.7. The van der Waals surface area contributed by atoms with Crippen molar-refractivity contribution in [2.45, 2.75) is 31.9 Å². The van der Waals surface area contributed by atoms with Gasteiger partial charge in [-0.1, -0.05) is 60.7 Å². The third-order valence-corrected chi connectivity index (χ3v) is 7.40. The Hall–Kier alpha value is -5.45. The number of halogens is 3. The summed E-state index contributed by atoms with van der Waals surface area (Å²) in [7, 11) is 0. The fourth-order valence-electron chi connectivity index (χ4n) is 5.04. The molecule has 0 radical (unpaired) electrons. The van der Waals surface area contributed by atoms with E-state index in [-0.39, 0.29) is 29.9 Å². The van der Waals surface area contributed by atoms with Crippen molar-refractivity contribution in [2.24, 2.45) is 0 Å². The van der Waals surface area contributed by atoms with Crippen LogP contribution in [0.2, 0.25) is 0 Å². The molecule has 0 fully saturated rings. The summed E-state index contributed by atoms with van der Waals surface area (Å²) in [6.07, 6.45) is -4.60. The summed E-state index contributed by atoms with van der Waals surface area (Å²) >= 11 is 0. The van der Waals surface area contributed by atoms with Crippen molar-refractivity contribution in [2.75, 3.05) is 19.7 Å². The second-order valence-electron chi connectivity index (χ2n) is 10.4. The maximum atomic E-state index is 13.3. The number of amides is 2. The maximum Gasteiger partial charge on any atom is 0.416 e. The van der Waals surface area contributed by atoms with E-state index in [0.717, 1.165) is 12.1 Å². The fourth-order valence-corrected chi connectivity index (χ4v) is 5.04. The minimum absolute atomic E-state index is 0.115. The molecule has 2 N–H and O–H groups in total. The van der Waals surface area contributed by atoms with Gasteiger partial charge in [0.15, 0.2) is 5.41 Å². The normalized spacial score (nSPS) is 11.3. The molecule has 244 valence electrons. The maximum absolute atomic E-state index is 13.3. The highest BCUT2D eigenvalue weighted by atomic mass is 19.4. The Morgan fingerprint density at radius 1 is 0.660 bits per heavy atom. The molecular formula is C36H33F3N2O6. The molecular weight excluding hydrogens is 613 g/mol. The summed E-state index contributed by atoms with van der Waals surface area (Å²) in [6.45, 7) is 3.82. The lowest BCUT2D eigenvalue weighted by molar-refractivity contribution is -0.139. The van der Waals surface area contributed by atoms with Crippen LogP contribution in [-0.2, 0) is 25.9 Å². The number of benzene rings is 4. The van der Waals surface area contributed by atoms with E-state index in [0.29, 0.717) is 29.8 Å². The number of likely N-dealkylation sites (N-methyl/N-ethyl adjacent to an activating group) is 2. The smallest absolute Gasteiger partial charge is 0.416 e. The zero-order valence-corrected chi connectivity index (χ0v) is 25.7. The van der Waals surface area contributed by atoms with Crippen molar-refractivity contribution >= 4 is 23.8 Å². The number of nitrogens with one attached hydrogen (secondary N) is 2. The van der Waals surface area contributed by atoms with Crippen LogP contribution in [0.15, 0.2) is 103 Å². The van der Waals surface area contributed by atoms with Gasteiger partial charge in [-0.15, -0.1) is 0 Å². The second-order valence-corrected chi connectivity index (χ2v) is 10.4. The van der Waals surface area contributed by atoms with E-state index in [2.05, 4.69) is 10.6 Å². The van der Waals surface area contributed by atoms with E-state index in [9.17, 15) is 32.3 Å². The van der Waals surface area contributed by atoms with Crippen molar-refractivity contribution in [1.82, 2.24) is 10.6 Å². The van der Waals surface area contributed by atoms with E-state index in [4.69, 9.17) is 9.47 Å². The SMILES string of the molecule is CCNC(=O)C(CCOC(=O)c1ccc(OC(=O)c2ccccc2-c2ccc(C(F)(F)F)cc2)cc1)(C(=O)NCC)c1ccccc1. The van der Waals surface area contributed by atoms with E-state index in [1.54, 1.807) is 62.4 Å². The van der Waals surface area contributed by atoms with Crippen molar-refractivity contribution in [3.8, 4) is 16.9 Å². The number of rotatable bonds is 12. The van der Waals surface area contributed by atoms with Gasteiger partial charge in [0.1, 0.15) is 5.75 Å². The third kappa shape index (κ3) is 8.04. The van der Waals surface area contributed by atoms with Crippen LogP contribution in [0.25, 0.3) is 11.1 Å². The minimum Gasteiger partial charge on any atom is -0.462 e. The second kappa shape index (κ2) is 15.2. The Bertz CT molecular complexity index is 1690. The van der Waals surface area contributed by atoms with Crippen LogP contribution in [0, 0.1) is 0 Å². The molecule has 8 nitrogen and oxygen atoms in total. The molecule has 0 atom stereocenters. The lowest BCUT2D eigenvalue weighted by atomic mass is 9.75. The van der Waals surface area contributed by atoms with E-state index >= 15 is 0 Å². The summed E-state index contributed by atoms with van der Waals surface area (Å²) in [5, 5.41) is 5.45. The molecule has 0 saturated heterocycles. The van der Waals surface area contributed by atoms with Crippen molar-refractivity contribution in [3.63, 3.8) is 0 Å². The summed E-state index contributed by atoms with van der Waals surface area (Å²) in [4.78, 5) is 52.6. The van der Waals surface area contributed by atoms with Crippen LogP contribution < -0.4 is 15.4 Å². The molecule has 0 aromatic heterocycles. The number of alkyl halides is 3. The molecule has 0 aliphatic rings. The highest BCUT2D eigenvalue weighted by Gasteiger charge is 2.47. The lowest BCUT2D eigenvalue weighted by Gasteiger charge is -2.31. The first kappa shape index (κ1) is 34.4. The number of hydrogen-bond donors (Lipinski definition) is 2. The lowest BCUT2D eigenvalue weighted by Crippen LogP contribution is -2.55. The molecule has 0 saturated carbocycles. The number of carbonyl (C=O) groups excluding carboxylic acids is 4. The summed E-state index contributed by atoms with van der Waals surface area (Å²) in [6, 6.07) is 24.9. The predicted octanol–water partition coefficient (Wildman–Crippen LogP) is 6.35. The van der Waals surface area contributed by atoms with E-state index in [1.807, 2.05) is 0 Å². The molecule has 0 aliphatic carbocycles. The first-order valence-corrected chi connectivity index (χ1v) is 14.9. The molecule has 47 heavy (non-hydrogen) atoms. The van der Waals surface area contributed by atoms with Crippen molar-refractivity contribution < 1.29 is 41.8 Å². The van der Waals surface area contributed by atoms with Gasteiger partial charge < -0.3 is 20.1 Å². The third-order valence-electron chi connectivity index (χ3n) is 7.40. The highest BCUT2D eigenvalue weighted by Crippen LogP contribution is 2.33. The van der Waals surface area contributed by atoms with Gasteiger partial charge >= 0.3 is 18.1 Å². The van der Waals surface area contributed by atoms with Crippen LogP contribution >= 0.6 is 0 Å². The average Bonchev–Trinajstić information content (AvgIpc) is 3.07. The van der Waals surface area contributed by atoms with Gasteiger partial charge in [-0.3, -0.25) is 9.59 Å². The molecule has 4 rings (SSSR count). The first-order valence-electron chi connectivity index (χ1n) is 14.9. The van der Waals surface area contributed by atoms with Crippen molar-refractivity contribution in [3.05, 3.63) is 125 Å². The minimum atomic E-state index is -4.49. The Morgan fingerprint density at radius 3 is 1.81 bits per heavy atom. The molecule has 0 spiro atoms. The number of esters is 2. The number of hydrogen-bond acceptors (Lipinski definition) is 6. The number of ether oxygens (including phenoxy) is 2. The largest absolute Gasteiger partial charge is 0.462 e. The standard InChI is InChI=1S/C36H33F3N2O6/c1-3-40-33(44)35(34(45)41-4-2,26-10-6-5-7-11-26)22-23-46-31(42)25-16-20-28(21-17-25)47-32(43)30-13-9-8-12-29(30)24-14-18-27(19-15-24)36(37,38)39/h5-21H,3-4,22-23H2,1-2H3,(H,40,44)(H,41,45). The molecule has 0 aliphatic heterocycles. The molecule has 2 amide bonds. The zero-order chi connectivity index (χ0) is 34.0. The van der Waals surface area contributed by atoms with Gasteiger partial charge in [0.2, 0.25) is 11.8 Å². The Morgan fingerprint density at radius 2 is 1.23 bits per heavy atom. The van der Waals surface area contributed by atoms with E-state index in [1.165, 1.54) is 42.5 Å². The molecule has 0 unspecified atom stereocenters. The fraction of sp³-hybridized carbons (Fsp3) is 0.222. The van der Waals surface area contributed by atoms with Crippen LogP contribution in [0.4, 0.5) is 13.2 Å². The van der Waals surface area contributed by atoms with Gasteiger partial charge in [0, 0.05) is 19.5 Å². The molecule has 4 aromatic rings. The summed E-state index contributed by atoms with van der Waals surface area (Å²) in [5.74, 6) is -2.38. The van der Waals surface area contributed by atoms with Gasteiger partial charge in [-0.05, 0) is 73.0 Å². The summed E-state index contributed by atoms with van der Waals surface area (Å²) < 4.78 is 50.0. The molecule has 4 aromatic carbocycles. The number of carbonyl (C=O) groups is 4. The van der Waals surface area contributed by atoms with Gasteiger partial charge in [-0.25, -0.2) is 9.59 Å². The van der Waals surface area contributed by atoms with Crippen molar-refractivity contribution in [1.29, 1.82) is 0 Å². The Labute approximate surface area is 269 Å². The topological polar surface area (TPSA) is 111 Å². The molecule has 11 heteroatoms. The average molecular weight is 647 g/mol. The Kier molecular flexibility index (Phi) is 11.1. The van der Waals surface area contributed by atoms with Gasteiger partial charge in [0.05, 0.1) is 23.3 Å². The van der Waals surface area contributed by atoms with Crippen LogP contribution in [0.5, 0.6) is 5.75 Å². The van der Waals surface area contributed by atoms with Gasteiger partial charge in [0.25, 0.3) is 0 Å². The van der Waals surface area contributed by atoms with Crippen LogP contribution in [0.1, 0.15) is 52.1 Å². The molecule has 0 heterocycles. The van der Waals surface area contributed by atoms with Crippen LogP contribution in [-0.4, -0.2) is 43.4 Å². The first-order chi connectivity index (χ1) is 22.5. The highest BCUT2D eigenvalue weighted by molar-refractivity contribution is 6.11.